The number of carbonyl (C=O) groups excluding carboxylic acids is 1. The molecule has 0 saturated heterocycles. The predicted octanol–water partition coefficient (Wildman–Crippen LogP) is 3.81. The Balaban J connectivity index is 1.83. The summed E-state index contributed by atoms with van der Waals surface area (Å²) in [5.41, 5.74) is 2.11. The van der Waals surface area contributed by atoms with Crippen molar-refractivity contribution in [2.45, 2.75) is 0 Å². The van der Waals surface area contributed by atoms with Crippen LogP contribution in [0.25, 0.3) is 28.2 Å². The van der Waals surface area contributed by atoms with Gasteiger partial charge in [-0.2, -0.15) is 0 Å². The molecule has 0 N–H and O–H groups in total. The Morgan fingerprint density at radius 2 is 1.72 bits per heavy atom. The Kier molecular flexibility index (Phi) is 4.41. The smallest absolute Gasteiger partial charge is 0.271 e. The Labute approximate surface area is 181 Å². The van der Waals surface area contributed by atoms with Gasteiger partial charge < -0.3 is 4.90 Å². The van der Waals surface area contributed by atoms with Crippen LogP contribution in [0.5, 0.6) is 0 Å². The number of nitro groups is 1. The maximum atomic E-state index is 13.4. The van der Waals surface area contributed by atoms with Crippen molar-refractivity contribution in [2.75, 3.05) is 11.9 Å². The first-order valence-electron chi connectivity index (χ1n) is 9.81. The molecule has 0 unspecified atom stereocenters. The highest BCUT2D eigenvalue weighted by molar-refractivity contribution is 6.35. The standard InChI is InChI=1S/C24H16N4O4/c1-26-21-12-5-3-9-17(21)19(23(26)29)14-22-25-20-11-4-2-10-18(20)24(30)27(22)15-7-6-8-16(13-15)28(31)32/h2-14H,1H3. The van der Waals surface area contributed by atoms with Crippen LogP contribution in [0.4, 0.5) is 11.4 Å². The normalized spacial score (nSPS) is 14.2. The first-order valence-corrected chi connectivity index (χ1v) is 9.81. The molecule has 32 heavy (non-hydrogen) atoms. The van der Waals surface area contributed by atoms with Crippen molar-refractivity contribution in [3.8, 4) is 5.69 Å². The fourth-order valence-electron chi connectivity index (χ4n) is 3.91. The largest absolute Gasteiger partial charge is 0.311 e. The van der Waals surface area contributed by atoms with Gasteiger partial charge in [0.25, 0.3) is 17.2 Å². The second-order valence-electron chi connectivity index (χ2n) is 7.34. The highest BCUT2D eigenvalue weighted by atomic mass is 16.6. The van der Waals surface area contributed by atoms with E-state index in [4.69, 9.17) is 0 Å². The van der Waals surface area contributed by atoms with Crippen molar-refractivity contribution in [3.63, 3.8) is 0 Å². The summed E-state index contributed by atoms with van der Waals surface area (Å²) in [5, 5.41) is 11.7. The molecule has 0 fully saturated rings. The molecule has 8 heteroatoms. The van der Waals surface area contributed by atoms with Gasteiger partial charge in [0.15, 0.2) is 0 Å². The van der Waals surface area contributed by atoms with E-state index in [1.165, 1.54) is 27.7 Å². The number of benzene rings is 3. The molecule has 5 rings (SSSR count). The SMILES string of the molecule is CN1C(=O)C(=Cc2nc3ccccc3c(=O)n2-c2cccc([N+](=O)[O-])c2)c2ccccc21. The maximum absolute atomic E-state index is 13.4. The number of amides is 1. The molecule has 0 aliphatic carbocycles. The third-order valence-corrected chi connectivity index (χ3v) is 5.46. The summed E-state index contributed by atoms with van der Waals surface area (Å²) >= 11 is 0. The fourth-order valence-corrected chi connectivity index (χ4v) is 3.91. The molecule has 0 saturated carbocycles. The molecule has 156 valence electrons. The van der Waals surface area contributed by atoms with E-state index < -0.39 is 4.92 Å². The number of carbonyl (C=O) groups is 1. The Bertz CT molecular complexity index is 1520. The maximum Gasteiger partial charge on any atom is 0.271 e. The summed E-state index contributed by atoms with van der Waals surface area (Å²) < 4.78 is 1.30. The lowest BCUT2D eigenvalue weighted by Gasteiger charge is -2.12. The zero-order valence-electron chi connectivity index (χ0n) is 16.9. The third kappa shape index (κ3) is 2.97. The number of anilines is 1. The van der Waals surface area contributed by atoms with Crippen molar-refractivity contribution in [1.82, 2.24) is 9.55 Å². The Hall–Kier alpha value is -4.59. The first kappa shape index (κ1) is 19.4. The quantitative estimate of drug-likeness (QED) is 0.283. The van der Waals surface area contributed by atoms with Gasteiger partial charge in [0, 0.05) is 24.7 Å². The average Bonchev–Trinajstić information content (AvgIpc) is 3.04. The van der Waals surface area contributed by atoms with Crippen LogP contribution in [-0.4, -0.2) is 27.4 Å². The van der Waals surface area contributed by atoms with Crippen LogP contribution < -0.4 is 10.5 Å². The van der Waals surface area contributed by atoms with E-state index in [0.717, 1.165) is 11.3 Å². The van der Waals surface area contributed by atoms with Gasteiger partial charge in [-0.15, -0.1) is 0 Å². The second kappa shape index (κ2) is 7.28. The summed E-state index contributed by atoms with van der Waals surface area (Å²) in [4.78, 5) is 43.3. The van der Waals surface area contributed by atoms with Crippen LogP contribution in [0, 0.1) is 10.1 Å². The van der Waals surface area contributed by atoms with Gasteiger partial charge in [0.1, 0.15) is 5.82 Å². The summed E-state index contributed by atoms with van der Waals surface area (Å²) in [6.07, 6.45) is 1.57. The molecule has 0 bridgehead atoms. The number of nitro benzene ring substituents is 1. The number of fused-ring (bicyclic) bond motifs is 2. The fraction of sp³-hybridized carbons (Fsp3) is 0.0417. The van der Waals surface area contributed by atoms with Gasteiger partial charge >= 0.3 is 0 Å². The molecule has 8 nitrogen and oxygen atoms in total. The predicted molar refractivity (Wildman–Crippen MR) is 122 cm³/mol. The number of non-ortho nitro benzene ring substituents is 1. The lowest BCUT2D eigenvalue weighted by Crippen LogP contribution is -2.23. The third-order valence-electron chi connectivity index (χ3n) is 5.46. The van der Waals surface area contributed by atoms with E-state index >= 15 is 0 Å². The van der Waals surface area contributed by atoms with Crippen LogP contribution in [0.2, 0.25) is 0 Å². The molecule has 0 atom stereocenters. The summed E-state index contributed by atoms with van der Waals surface area (Å²) in [6.45, 7) is 0. The molecule has 1 aliphatic rings. The van der Waals surface area contributed by atoms with Crippen LogP contribution in [0.15, 0.2) is 77.6 Å². The van der Waals surface area contributed by atoms with E-state index in [0.29, 0.717) is 22.2 Å². The Morgan fingerprint density at radius 1 is 0.969 bits per heavy atom. The van der Waals surface area contributed by atoms with E-state index in [-0.39, 0.29) is 23.0 Å². The molecule has 1 aliphatic heterocycles. The van der Waals surface area contributed by atoms with Crippen molar-refractivity contribution >= 4 is 39.8 Å². The second-order valence-corrected chi connectivity index (χ2v) is 7.34. The number of hydrogen-bond acceptors (Lipinski definition) is 5. The van der Waals surface area contributed by atoms with Crippen molar-refractivity contribution < 1.29 is 9.72 Å². The number of hydrogen-bond donors (Lipinski definition) is 0. The van der Waals surface area contributed by atoms with E-state index in [1.54, 1.807) is 43.5 Å². The number of aromatic nitrogens is 2. The minimum absolute atomic E-state index is 0.150. The lowest BCUT2D eigenvalue weighted by molar-refractivity contribution is -0.384. The topological polar surface area (TPSA) is 98.3 Å². The van der Waals surface area contributed by atoms with Crippen LogP contribution in [0.1, 0.15) is 11.4 Å². The van der Waals surface area contributed by atoms with E-state index in [9.17, 15) is 19.7 Å². The molecule has 3 aromatic carbocycles. The summed E-state index contributed by atoms with van der Waals surface area (Å²) in [7, 11) is 1.68. The van der Waals surface area contributed by atoms with Crippen molar-refractivity contribution in [1.29, 1.82) is 0 Å². The number of rotatable bonds is 3. The van der Waals surface area contributed by atoms with Gasteiger partial charge in [-0.1, -0.05) is 36.4 Å². The Morgan fingerprint density at radius 3 is 2.53 bits per heavy atom. The molecule has 1 aromatic heterocycles. The minimum Gasteiger partial charge on any atom is -0.311 e. The summed E-state index contributed by atoms with van der Waals surface area (Å²) in [6, 6.07) is 20.0. The highest BCUT2D eigenvalue weighted by Gasteiger charge is 2.30. The van der Waals surface area contributed by atoms with Crippen LogP contribution in [-0.2, 0) is 4.79 Å². The van der Waals surface area contributed by atoms with Gasteiger partial charge in [-0.3, -0.25) is 24.3 Å². The van der Waals surface area contributed by atoms with Crippen LogP contribution in [0.3, 0.4) is 0 Å². The van der Waals surface area contributed by atoms with Crippen molar-refractivity contribution in [3.05, 3.63) is 105 Å². The minimum atomic E-state index is -0.521. The van der Waals surface area contributed by atoms with E-state index in [1.807, 2.05) is 24.3 Å². The summed E-state index contributed by atoms with van der Waals surface area (Å²) in [5.74, 6) is -0.0122. The van der Waals surface area contributed by atoms with Crippen molar-refractivity contribution in [2.24, 2.45) is 0 Å². The molecular weight excluding hydrogens is 408 g/mol. The number of likely N-dealkylation sites (N-methyl/N-ethyl adjacent to an activating group) is 1. The molecule has 4 aromatic rings. The molecule has 0 spiro atoms. The number of para-hydroxylation sites is 2. The van der Waals surface area contributed by atoms with Gasteiger partial charge in [-0.05, 0) is 30.3 Å². The van der Waals surface area contributed by atoms with E-state index in [2.05, 4.69) is 4.98 Å². The zero-order valence-corrected chi connectivity index (χ0v) is 16.9. The highest BCUT2D eigenvalue weighted by Crippen LogP contribution is 2.36. The van der Waals surface area contributed by atoms with Crippen LogP contribution >= 0.6 is 0 Å². The molecule has 0 radical (unpaired) electrons. The molecule has 2 heterocycles. The molecule has 1 amide bonds. The van der Waals surface area contributed by atoms with Gasteiger partial charge in [0.05, 0.1) is 32.8 Å². The monoisotopic (exact) mass is 424 g/mol. The van der Waals surface area contributed by atoms with Gasteiger partial charge in [0.2, 0.25) is 0 Å². The first-order chi connectivity index (χ1) is 15.5. The average molecular weight is 424 g/mol. The molecular formula is C24H16N4O4. The van der Waals surface area contributed by atoms with Gasteiger partial charge in [-0.25, -0.2) is 4.98 Å². The lowest BCUT2D eigenvalue weighted by atomic mass is 10.1. The number of nitrogens with zero attached hydrogens (tertiary/aromatic N) is 4. The zero-order chi connectivity index (χ0) is 22.4.